The standard InChI is InChI=1S/C12H19NO7.C8H9NO5/c1-13(10(15)4-3-7-14)20-12(17)6-5-11(16)19-9-8-18-2;10-5-1-2-8(13)14-9-6(11)3-4-7(9)12/h7H,3-6,8-9H2,1-2H3;5H,1-4H2. The van der Waals surface area contributed by atoms with E-state index in [2.05, 4.69) is 9.68 Å². The molecule has 1 saturated heterocycles. The van der Waals surface area contributed by atoms with Gasteiger partial charge in [0.1, 0.15) is 19.2 Å². The van der Waals surface area contributed by atoms with Crippen molar-refractivity contribution < 1.29 is 57.5 Å². The minimum Gasteiger partial charge on any atom is -0.463 e. The maximum atomic E-state index is 11.3. The molecule has 1 aliphatic heterocycles. The molecular weight excluding hydrogens is 460 g/mol. The lowest BCUT2D eigenvalue weighted by Crippen LogP contribution is -2.31. The largest absolute Gasteiger partial charge is 0.463 e. The summed E-state index contributed by atoms with van der Waals surface area (Å²) in [6, 6.07) is 0. The topological polar surface area (TPSA) is 180 Å². The predicted octanol–water partition coefficient (Wildman–Crippen LogP) is -0.575. The summed E-state index contributed by atoms with van der Waals surface area (Å²) < 4.78 is 9.44. The van der Waals surface area contributed by atoms with Gasteiger partial charge < -0.3 is 28.7 Å². The number of hydrogen-bond acceptors (Lipinski definition) is 12. The molecule has 190 valence electrons. The molecule has 0 aliphatic carbocycles. The lowest BCUT2D eigenvalue weighted by molar-refractivity contribution is -0.197. The summed E-state index contributed by atoms with van der Waals surface area (Å²) in [7, 11) is 2.74. The first-order valence-corrected chi connectivity index (χ1v) is 10.2. The van der Waals surface area contributed by atoms with E-state index in [1.165, 1.54) is 14.2 Å². The van der Waals surface area contributed by atoms with Gasteiger partial charge in [-0.15, -0.1) is 5.06 Å². The van der Waals surface area contributed by atoms with Crippen LogP contribution in [0.1, 0.15) is 51.4 Å². The number of rotatable bonds is 13. The predicted molar refractivity (Wildman–Crippen MR) is 109 cm³/mol. The first kappa shape index (κ1) is 30.3. The van der Waals surface area contributed by atoms with E-state index in [1.54, 1.807) is 0 Å². The fraction of sp³-hybridized carbons (Fsp3) is 0.600. The molecule has 0 bridgehead atoms. The molecule has 0 saturated carbocycles. The highest BCUT2D eigenvalue weighted by atomic mass is 16.7. The number of imide groups is 1. The van der Waals surface area contributed by atoms with Crippen molar-refractivity contribution in [3.63, 3.8) is 0 Å². The van der Waals surface area contributed by atoms with Crippen LogP contribution >= 0.6 is 0 Å². The highest BCUT2D eigenvalue weighted by molar-refractivity contribution is 6.01. The molecule has 1 rings (SSSR count). The number of aldehydes is 2. The van der Waals surface area contributed by atoms with Crippen molar-refractivity contribution in [1.82, 2.24) is 10.1 Å². The van der Waals surface area contributed by atoms with Crippen LogP contribution in [0.4, 0.5) is 0 Å². The van der Waals surface area contributed by atoms with Gasteiger partial charge in [-0.3, -0.25) is 19.2 Å². The molecule has 34 heavy (non-hydrogen) atoms. The van der Waals surface area contributed by atoms with Crippen LogP contribution in [-0.2, 0) is 57.5 Å². The maximum absolute atomic E-state index is 11.3. The number of methoxy groups -OCH3 is 1. The molecule has 0 aromatic rings. The van der Waals surface area contributed by atoms with Crippen LogP contribution in [0.2, 0.25) is 0 Å². The molecule has 14 heteroatoms. The molecule has 0 aromatic heterocycles. The smallest absolute Gasteiger partial charge is 0.333 e. The molecule has 14 nitrogen and oxygen atoms in total. The molecular formula is C20H28N2O12. The summed E-state index contributed by atoms with van der Waals surface area (Å²) in [4.78, 5) is 95.9. The van der Waals surface area contributed by atoms with E-state index in [9.17, 15) is 38.4 Å². The van der Waals surface area contributed by atoms with Crippen molar-refractivity contribution in [1.29, 1.82) is 0 Å². The van der Waals surface area contributed by atoms with Gasteiger partial charge in [-0.25, -0.2) is 9.59 Å². The lowest BCUT2D eigenvalue weighted by Gasteiger charge is -2.15. The zero-order valence-corrected chi connectivity index (χ0v) is 19.0. The molecule has 3 amide bonds. The van der Waals surface area contributed by atoms with Gasteiger partial charge in [0, 0.05) is 46.3 Å². The van der Waals surface area contributed by atoms with Crippen LogP contribution in [0.15, 0.2) is 0 Å². The summed E-state index contributed by atoms with van der Waals surface area (Å²) >= 11 is 0. The average molecular weight is 488 g/mol. The Morgan fingerprint density at radius 2 is 1.41 bits per heavy atom. The van der Waals surface area contributed by atoms with Gasteiger partial charge in [0.05, 0.1) is 25.9 Å². The van der Waals surface area contributed by atoms with Crippen LogP contribution in [-0.4, -0.2) is 85.7 Å². The maximum Gasteiger partial charge on any atom is 0.333 e. The van der Waals surface area contributed by atoms with Gasteiger partial charge in [-0.2, -0.15) is 5.06 Å². The second-order valence-corrected chi connectivity index (χ2v) is 6.52. The van der Waals surface area contributed by atoms with Crippen molar-refractivity contribution in [3.05, 3.63) is 0 Å². The van der Waals surface area contributed by atoms with Crippen LogP contribution in [0.5, 0.6) is 0 Å². The van der Waals surface area contributed by atoms with E-state index in [1.807, 2.05) is 0 Å². The Labute approximate surface area is 195 Å². The van der Waals surface area contributed by atoms with Gasteiger partial charge in [-0.1, -0.05) is 0 Å². The molecule has 0 radical (unpaired) electrons. The molecule has 1 aliphatic rings. The number of nitrogens with zero attached hydrogens (tertiary/aromatic N) is 2. The summed E-state index contributed by atoms with van der Waals surface area (Å²) in [6.45, 7) is 0.401. The van der Waals surface area contributed by atoms with Crippen LogP contribution in [0, 0.1) is 0 Å². The highest BCUT2D eigenvalue weighted by Crippen LogP contribution is 2.12. The Morgan fingerprint density at radius 3 is 1.97 bits per heavy atom. The molecule has 0 spiro atoms. The average Bonchev–Trinajstić information content (AvgIpc) is 3.12. The number of amides is 3. The van der Waals surface area contributed by atoms with E-state index in [0.717, 1.165) is 5.06 Å². The quantitative estimate of drug-likeness (QED) is 0.106. The third-order valence-electron chi connectivity index (χ3n) is 3.81. The summed E-state index contributed by atoms with van der Waals surface area (Å²) in [5.41, 5.74) is 0. The van der Waals surface area contributed by atoms with Crippen LogP contribution < -0.4 is 0 Å². The zero-order chi connectivity index (χ0) is 25.9. The molecule has 0 N–H and O–H groups in total. The Bertz CT molecular complexity index is 736. The Kier molecular flexibility index (Phi) is 15.9. The molecule has 1 fully saturated rings. The number of esters is 1. The summed E-state index contributed by atoms with van der Waals surface area (Å²) in [5.74, 6) is -3.55. The Hall–Kier alpha value is -3.68. The van der Waals surface area contributed by atoms with Crippen molar-refractivity contribution in [3.8, 4) is 0 Å². The SMILES string of the molecule is COCCOC(=O)CCC(=O)ON(C)C(=O)CCC=O.O=CCCC(=O)ON1C(=O)CCC1=O. The van der Waals surface area contributed by atoms with E-state index < -0.39 is 35.6 Å². The molecule has 0 unspecified atom stereocenters. The zero-order valence-electron chi connectivity index (χ0n) is 19.0. The second kappa shape index (κ2) is 17.8. The minimum atomic E-state index is -0.749. The van der Waals surface area contributed by atoms with Crippen LogP contribution in [0.25, 0.3) is 0 Å². The second-order valence-electron chi connectivity index (χ2n) is 6.52. The van der Waals surface area contributed by atoms with E-state index in [0.29, 0.717) is 17.6 Å². The van der Waals surface area contributed by atoms with Crippen molar-refractivity contribution in [2.45, 2.75) is 51.4 Å². The monoisotopic (exact) mass is 488 g/mol. The lowest BCUT2D eigenvalue weighted by atomic mass is 10.3. The van der Waals surface area contributed by atoms with Crippen molar-refractivity contribution in [2.24, 2.45) is 0 Å². The molecule has 0 aromatic carbocycles. The summed E-state index contributed by atoms with van der Waals surface area (Å²) in [5, 5.41) is 1.22. The van der Waals surface area contributed by atoms with Gasteiger partial charge in [0.15, 0.2) is 0 Å². The van der Waals surface area contributed by atoms with Crippen molar-refractivity contribution in [2.75, 3.05) is 27.4 Å². The normalized spacial score (nSPS) is 12.2. The number of ether oxygens (including phenoxy) is 2. The van der Waals surface area contributed by atoms with Gasteiger partial charge in [0.2, 0.25) is 0 Å². The first-order valence-electron chi connectivity index (χ1n) is 10.2. The van der Waals surface area contributed by atoms with Gasteiger partial charge >= 0.3 is 17.9 Å². The van der Waals surface area contributed by atoms with Crippen LogP contribution in [0.3, 0.4) is 0 Å². The highest BCUT2D eigenvalue weighted by Gasteiger charge is 2.32. The van der Waals surface area contributed by atoms with Crippen molar-refractivity contribution >= 4 is 48.2 Å². The third kappa shape index (κ3) is 13.7. The number of carbonyl (C=O) groups is 8. The fourth-order valence-corrected chi connectivity index (χ4v) is 2.09. The Balaban J connectivity index is 0.000000679. The van der Waals surface area contributed by atoms with E-state index in [4.69, 9.17) is 9.47 Å². The number of carbonyl (C=O) groups excluding carboxylic acids is 8. The number of hydroxylamine groups is 4. The Morgan fingerprint density at radius 1 is 0.853 bits per heavy atom. The first-order chi connectivity index (χ1) is 16.2. The van der Waals surface area contributed by atoms with Gasteiger partial charge in [0.25, 0.3) is 17.7 Å². The van der Waals surface area contributed by atoms with Gasteiger partial charge in [-0.05, 0) is 0 Å². The summed E-state index contributed by atoms with van der Waals surface area (Å²) in [6.07, 6.45) is 0.891. The molecule has 0 atom stereocenters. The fourth-order valence-electron chi connectivity index (χ4n) is 2.09. The van der Waals surface area contributed by atoms with E-state index >= 15 is 0 Å². The minimum absolute atomic E-state index is 0.0229. The number of hydrogen-bond donors (Lipinski definition) is 0. The third-order valence-corrected chi connectivity index (χ3v) is 3.81. The molecule has 1 heterocycles. The van der Waals surface area contributed by atoms with E-state index in [-0.39, 0.29) is 64.6 Å².